The van der Waals surface area contributed by atoms with Crippen LogP contribution >= 0.6 is 0 Å². The zero-order valence-electron chi connectivity index (χ0n) is 11.4. The molecule has 3 rings (SSSR count). The molecule has 3 aromatic rings. The molecule has 0 aliphatic carbocycles. The molecule has 0 fully saturated rings. The number of halogens is 1. The molecule has 0 aliphatic rings. The molecule has 0 spiro atoms. The van der Waals surface area contributed by atoms with E-state index < -0.39 is 0 Å². The van der Waals surface area contributed by atoms with Gasteiger partial charge in [0, 0.05) is 17.1 Å². The third-order valence-corrected chi connectivity index (χ3v) is 3.33. The first-order valence-corrected chi connectivity index (χ1v) is 6.56. The van der Waals surface area contributed by atoms with Gasteiger partial charge in [0.2, 0.25) is 0 Å². The van der Waals surface area contributed by atoms with Crippen molar-refractivity contribution in [3.8, 4) is 0 Å². The number of aryl methyl sites for hydroxylation is 1. The molecule has 0 saturated heterocycles. The van der Waals surface area contributed by atoms with Gasteiger partial charge in [0.25, 0.3) is 5.91 Å². The lowest BCUT2D eigenvalue weighted by atomic mass is 10.1. The van der Waals surface area contributed by atoms with Crippen LogP contribution in [0.15, 0.2) is 54.7 Å². The van der Waals surface area contributed by atoms with E-state index in [1.165, 1.54) is 24.3 Å². The summed E-state index contributed by atoms with van der Waals surface area (Å²) in [6.07, 6.45) is 1.66. The van der Waals surface area contributed by atoms with Crippen molar-refractivity contribution < 1.29 is 9.18 Å². The lowest BCUT2D eigenvalue weighted by molar-refractivity contribution is 0.102. The third-order valence-electron chi connectivity index (χ3n) is 3.33. The quantitative estimate of drug-likeness (QED) is 0.772. The Labute approximate surface area is 121 Å². The standard InChI is InChI=1S/C17H13FN2O/c1-11-3-2-4-14-15(9-10-19-16(11)14)20-17(21)12-5-7-13(18)8-6-12/h2-10H,1H3,(H,19,20,21). The van der Waals surface area contributed by atoms with Gasteiger partial charge in [-0.05, 0) is 42.8 Å². The van der Waals surface area contributed by atoms with Gasteiger partial charge in [0.05, 0.1) is 11.2 Å². The highest BCUT2D eigenvalue weighted by Gasteiger charge is 2.09. The summed E-state index contributed by atoms with van der Waals surface area (Å²) in [5.74, 6) is -0.638. The Balaban J connectivity index is 1.96. The van der Waals surface area contributed by atoms with Crippen LogP contribution in [0.4, 0.5) is 10.1 Å². The molecule has 21 heavy (non-hydrogen) atoms. The van der Waals surface area contributed by atoms with Crippen molar-refractivity contribution in [3.05, 3.63) is 71.7 Å². The van der Waals surface area contributed by atoms with Crippen LogP contribution in [-0.4, -0.2) is 10.9 Å². The van der Waals surface area contributed by atoms with Gasteiger partial charge in [-0.2, -0.15) is 0 Å². The number of hydrogen-bond donors (Lipinski definition) is 1. The maximum Gasteiger partial charge on any atom is 0.255 e. The van der Waals surface area contributed by atoms with E-state index in [2.05, 4.69) is 10.3 Å². The van der Waals surface area contributed by atoms with Crippen LogP contribution in [0.1, 0.15) is 15.9 Å². The van der Waals surface area contributed by atoms with E-state index in [1.807, 2.05) is 25.1 Å². The molecule has 1 amide bonds. The van der Waals surface area contributed by atoms with Crippen LogP contribution in [0.3, 0.4) is 0 Å². The van der Waals surface area contributed by atoms with Gasteiger partial charge in [-0.15, -0.1) is 0 Å². The number of aromatic nitrogens is 1. The molecule has 4 heteroatoms. The van der Waals surface area contributed by atoms with Crippen molar-refractivity contribution in [1.82, 2.24) is 4.98 Å². The molecule has 1 N–H and O–H groups in total. The van der Waals surface area contributed by atoms with Crippen LogP contribution in [0.2, 0.25) is 0 Å². The van der Waals surface area contributed by atoms with Crippen LogP contribution in [0.25, 0.3) is 10.9 Å². The molecule has 3 nitrogen and oxygen atoms in total. The zero-order chi connectivity index (χ0) is 14.8. The number of carbonyl (C=O) groups is 1. The molecule has 0 aliphatic heterocycles. The Kier molecular flexibility index (Phi) is 3.36. The molecule has 0 atom stereocenters. The average Bonchev–Trinajstić information content (AvgIpc) is 2.49. The van der Waals surface area contributed by atoms with Crippen LogP contribution in [0.5, 0.6) is 0 Å². The van der Waals surface area contributed by atoms with E-state index >= 15 is 0 Å². The Morgan fingerprint density at radius 3 is 2.62 bits per heavy atom. The molecular weight excluding hydrogens is 267 g/mol. The highest BCUT2D eigenvalue weighted by atomic mass is 19.1. The van der Waals surface area contributed by atoms with Crippen molar-refractivity contribution >= 4 is 22.5 Å². The van der Waals surface area contributed by atoms with Gasteiger partial charge in [-0.25, -0.2) is 4.39 Å². The number of hydrogen-bond acceptors (Lipinski definition) is 2. The van der Waals surface area contributed by atoms with E-state index in [0.717, 1.165) is 16.5 Å². The Bertz CT molecular complexity index is 813. The second-order valence-electron chi connectivity index (χ2n) is 4.79. The Hall–Kier alpha value is -2.75. The summed E-state index contributed by atoms with van der Waals surface area (Å²) >= 11 is 0. The summed E-state index contributed by atoms with van der Waals surface area (Å²) in [5, 5.41) is 3.73. The molecule has 0 saturated carbocycles. The van der Waals surface area contributed by atoms with Crippen LogP contribution in [0, 0.1) is 12.7 Å². The fourth-order valence-corrected chi connectivity index (χ4v) is 2.23. The summed E-state index contributed by atoms with van der Waals surface area (Å²) in [7, 11) is 0. The Morgan fingerprint density at radius 2 is 1.86 bits per heavy atom. The number of para-hydroxylation sites is 1. The third kappa shape index (κ3) is 2.60. The number of pyridine rings is 1. The number of fused-ring (bicyclic) bond motifs is 1. The van der Waals surface area contributed by atoms with Crippen molar-refractivity contribution in [2.45, 2.75) is 6.92 Å². The van der Waals surface area contributed by atoms with Gasteiger partial charge < -0.3 is 5.32 Å². The predicted octanol–water partition coefficient (Wildman–Crippen LogP) is 3.93. The first-order valence-electron chi connectivity index (χ1n) is 6.56. The van der Waals surface area contributed by atoms with Gasteiger partial charge in [0.15, 0.2) is 0 Å². The predicted molar refractivity (Wildman–Crippen MR) is 80.8 cm³/mol. The number of carbonyl (C=O) groups excluding carboxylic acids is 1. The summed E-state index contributed by atoms with van der Waals surface area (Å²) < 4.78 is 12.9. The minimum absolute atomic E-state index is 0.274. The molecule has 0 radical (unpaired) electrons. The number of amides is 1. The molecule has 0 bridgehead atoms. The summed E-state index contributed by atoms with van der Waals surface area (Å²) in [5.41, 5.74) is 3.01. The largest absolute Gasteiger partial charge is 0.321 e. The second kappa shape index (κ2) is 5.32. The van der Waals surface area contributed by atoms with E-state index in [9.17, 15) is 9.18 Å². The monoisotopic (exact) mass is 280 g/mol. The summed E-state index contributed by atoms with van der Waals surface area (Å²) in [6, 6.07) is 13.0. The maximum absolute atomic E-state index is 12.9. The van der Waals surface area contributed by atoms with E-state index in [1.54, 1.807) is 12.3 Å². The van der Waals surface area contributed by atoms with Gasteiger partial charge in [-0.1, -0.05) is 18.2 Å². The normalized spacial score (nSPS) is 10.6. The topological polar surface area (TPSA) is 42.0 Å². The molecule has 1 heterocycles. The smallest absolute Gasteiger partial charge is 0.255 e. The van der Waals surface area contributed by atoms with Gasteiger partial charge in [-0.3, -0.25) is 9.78 Å². The number of benzene rings is 2. The molecule has 0 unspecified atom stereocenters. The van der Waals surface area contributed by atoms with Crippen LogP contribution < -0.4 is 5.32 Å². The highest BCUT2D eigenvalue weighted by Crippen LogP contribution is 2.24. The molecule has 1 aromatic heterocycles. The van der Waals surface area contributed by atoms with Crippen molar-refractivity contribution in [2.24, 2.45) is 0 Å². The second-order valence-corrected chi connectivity index (χ2v) is 4.79. The lowest BCUT2D eigenvalue weighted by Crippen LogP contribution is -2.12. The van der Waals surface area contributed by atoms with E-state index in [4.69, 9.17) is 0 Å². The highest BCUT2D eigenvalue weighted by molar-refractivity contribution is 6.08. The van der Waals surface area contributed by atoms with Gasteiger partial charge >= 0.3 is 0 Å². The Morgan fingerprint density at radius 1 is 1.10 bits per heavy atom. The van der Waals surface area contributed by atoms with Crippen molar-refractivity contribution in [3.63, 3.8) is 0 Å². The summed E-state index contributed by atoms with van der Waals surface area (Å²) in [6.45, 7) is 1.97. The number of nitrogens with one attached hydrogen (secondary N) is 1. The number of anilines is 1. The number of rotatable bonds is 2. The van der Waals surface area contributed by atoms with Gasteiger partial charge in [0.1, 0.15) is 5.82 Å². The first-order chi connectivity index (χ1) is 10.1. The first kappa shape index (κ1) is 13.2. The summed E-state index contributed by atoms with van der Waals surface area (Å²) in [4.78, 5) is 16.5. The van der Waals surface area contributed by atoms with E-state index in [0.29, 0.717) is 11.3 Å². The van der Waals surface area contributed by atoms with Crippen LogP contribution in [-0.2, 0) is 0 Å². The minimum atomic E-state index is -0.364. The minimum Gasteiger partial charge on any atom is -0.321 e. The lowest BCUT2D eigenvalue weighted by Gasteiger charge is -2.09. The number of nitrogens with zero attached hydrogens (tertiary/aromatic N) is 1. The zero-order valence-corrected chi connectivity index (χ0v) is 11.4. The fourth-order valence-electron chi connectivity index (χ4n) is 2.23. The van der Waals surface area contributed by atoms with Crippen molar-refractivity contribution in [1.29, 1.82) is 0 Å². The molecule has 2 aromatic carbocycles. The average molecular weight is 280 g/mol. The fraction of sp³-hybridized carbons (Fsp3) is 0.0588. The maximum atomic E-state index is 12.9. The SMILES string of the molecule is Cc1cccc2c(NC(=O)c3ccc(F)cc3)ccnc12. The molecular formula is C17H13FN2O. The van der Waals surface area contributed by atoms with E-state index in [-0.39, 0.29) is 11.7 Å². The molecule has 104 valence electrons. The van der Waals surface area contributed by atoms with Crippen molar-refractivity contribution in [2.75, 3.05) is 5.32 Å².